The normalized spacial score (nSPS) is 14.7. The van der Waals surface area contributed by atoms with Crippen LogP contribution in [0.1, 0.15) is 42.9 Å². The second-order valence-electron chi connectivity index (χ2n) is 4.84. The molecule has 1 aromatic heterocycles. The van der Waals surface area contributed by atoms with Crippen LogP contribution in [0.25, 0.3) is 0 Å². The Morgan fingerprint density at radius 2 is 2.17 bits per heavy atom. The second-order valence-corrected chi connectivity index (χ2v) is 4.84. The van der Waals surface area contributed by atoms with Crippen LogP contribution in [0.4, 0.5) is 0 Å². The summed E-state index contributed by atoms with van der Waals surface area (Å²) in [5.41, 5.74) is 6.78. The molecule has 18 heavy (non-hydrogen) atoms. The van der Waals surface area contributed by atoms with Crippen LogP contribution in [0.3, 0.4) is 0 Å². The molecule has 4 nitrogen and oxygen atoms in total. The lowest BCUT2D eigenvalue weighted by molar-refractivity contribution is 0.156. The first kappa shape index (κ1) is 15.2. The van der Waals surface area contributed by atoms with Crippen LogP contribution in [-0.4, -0.2) is 26.3 Å². The lowest BCUT2D eigenvalue weighted by atomic mass is 10.1. The molecule has 0 aliphatic rings. The zero-order valence-corrected chi connectivity index (χ0v) is 12.0. The molecule has 2 atom stereocenters. The first-order valence-electron chi connectivity index (χ1n) is 6.60. The topological polar surface area (TPSA) is 60.4 Å². The van der Waals surface area contributed by atoms with Gasteiger partial charge in [-0.3, -0.25) is 0 Å². The average molecular weight is 254 g/mol. The minimum absolute atomic E-state index is 0.264. The Kier molecular flexibility index (Phi) is 6.39. The van der Waals surface area contributed by atoms with E-state index in [1.165, 1.54) is 5.56 Å². The summed E-state index contributed by atoms with van der Waals surface area (Å²) in [7, 11) is 1.73. The molecule has 2 unspecified atom stereocenters. The summed E-state index contributed by atoms with van der Waals surface area (Å²) in [6, 6.07) is 2.70. The Morgan fingerprint density at radius 3 is 2.67 bits per heavy atom. The third-order valence-corrected chi connectivity index (χ3v) is 3.16. The van der Waals surface area contributed by atoms with Gasteiger partial charge in [-0.2, -0.15) is 0 Å². The Bertz CT molecular complexity index is 350. The molecule has 0 spiro atoms. The maximum atomic E-state index is 5.57. The van der Waals surface area contributed by atoms with E-state index in [0.29, 0.717) is 12.6 Å². The van der Waals surface area contributed by atoms with Crippen molar-refractivity contribution in [2.24, 2.45) is 5.73 Å². The summed E-state index contributed by atoms with van der Waals surface area (Å²) in [5.74, 6) is 1.95. The fourth-order valence-corrected chi connectivity index (χ4v) is 2.30. The summed E-state index contributed by atoms with van der Waals surface area (Å²) in [5, 5.41) is 3.58. The number of nitrogens with one attached hydrogen (secondary N) is 1. The Hall–Kier alpha value is -0.840. The Labute approximate surface area is 110 Å². The standard InChI is InChI=1S/C14H26N2O2/c1-10-8-14(12(3)18-10)11(2)16-13(9-17-4)6-5-7-15/h8,11,13,16H,5-7,9,15H2,1-4H3. The van der Waals surface area contributed by atoms with Gasteiger partial charge in [0.1, 0.15) is 11.5 Å². The maximum Gasteiger partial charge on any atom is 0.105 e. The first-order valence-corrected chi connectivity index (χ1v) is 6.60. The van der Waals surface area contributed by atoms with Crippen LogP contribution >= 0.6 is 0 Å². The maximum absolute atomic E-state index is 5.57. The summed E-state index contributed by atoms with van der Waals surface area (Å²) in [4.78, 5) is 0. The molecule has 0 bridgehead atoms. The van der Waals surface area contributed by atoms with Crippen molar-refractivity contribution in [1.29, 1.82) is 0 Å². The second kappa shape index (κ2) is 7.56. The van der Waals surface area contributed by atoms with E-state index >= 15 is 0 Å². The lowest BCUT2D eigenvalue weighted by Gasteiger charge is -2.22. The Morgan fingerprint density at radius 1 is 1.44 bits per heavy atom. The van der Waals surface area contributed by atoms with E-state index in [0.717, 1.165) is 30.9 Å². The van der Waals surface area contributed by atoms with Gasteiger partial charge in [-0.05, 0) is 46.2 Å². The van der Waals surface area contributed by atoms with E-state index in [-0.39, 0.29) is 6.04 Å². The number of nitrogens with two attached hydrogens (primary N) is 1. The van der Waals surface area contributed by atoms with Crippen LogP contribution in [0, 0.1) is 13.8 Å². The monoisotopic (exact) mass is 254 g/mol. The Balaban J connectivity index is 2.59. The van der Waals surface area contributed by atoms with Gasteiger partial charge in [-0.25, -0.2) is 0 Å². The van der Waals surface area contributed by atoms with Gasteiger partial charge in [-0.15, -0.1) is 0 Å². The molecule has 1 rings (SSSR count). The van der Waals surface area contributed by atoms with Gasteiger partial charge >= 0.3 is 0 Å². The number of hydrogen-bond donors (Lipinski definition) is 2. The third-order valence-electron chi connectivity index (χ3n) is 3.16. The largest absolute Gasteiger partial charge is 0.466 e. The molecule has 0 saturated heterocycles. The molecule has 0 radical (unpaired) electrons. The van der Waals surface area contributed by atoms with Gasteiger partial charge in [0, 0.05) is 24.8 Å². The van der Waals surface area contributed by atoms with Crippen molar-refractivity contribution in [2.45, 2.75) is 45.7 Å². The van der Waals surface area contributed by atoms with Crippen LogP contribution < -0.4 is 11.1 Å². The summed E-state index contributed by atoms with van der Waals surface area (Å²) in [6.45, 7) is 7.57. The fraction of sp³-hybridized carbons (Fsp3) is 0.714. The highest BCUT2D eigenvalue weighted by Crippen LogP contribution is 2.22. The van der Waals surface area contributed by atoms with Crippen LogP contribution in [-0.2, 0) is 4.74 Å². The molecular weight excluding hydrogens is 228 g/mol. The van der Waals surface area contributed by atoms with Crippen molar-refractivity contribution >= 4 is 0 Å². The molecule has 4 heteroatoms. The summed E-state index contributed by atoms with van der Waals surface area (Å²) < 4.78 is 10.8. The van der Waals surface area contributed by atoms with Crippen molar-refractivity contribution in [1.82, 2.24) is 5.32 Å². The third kappa shape index (κ3) is 4.44. The molecule has 1 heterocycles. The highest BCUT2D eigenvalue weighted by atomic mass is 16.5. The number of methoxy groups -OCH3 is 1. The molecule has 0 aliphatic heterocycles. The predicted octanol–water partition coefficient (Wildman–Crippen LogP) is 2.30. The molecule has 0 aromatic carbocycles. The van der Waals surface area contributed by atoms with E-state index in [1.807, 2.05) is 13.8 Å². The van der Waals surface area contributed by atoms with E-state index in [9.17, 15) is 0 Å². The van der Waals surface area contributed by atoms with Crippen molar-refractivity contribution < 1.29 is 9.15 Å². The molecular formula is C14H26N2O2. The van der Waals surface area contributed by atoms with E-state index in [2.05, 4.69) is 18.3 Å². The average Bonchev–Trinajstić information content (AvgIpc) is 2.65. The highest BCUT2D eigenvalue weighted by molar-refractivity contribution is 5.23. The first-order chi connectivity index (χ1) is 8.58. The molecule has 0 amide bonds. The number of rotatable bonds is 8. The quantitative estimate of drug-likeness (QED) is 0.747. The van der Waals surface area contributed by atoms with Gasteiger partial charge in [0.15, 0.2) is 0 Å². The molecule has 1 aromatic rings. The van der Waals surface area contributed by atoms with Gasteiger partial charge in [-0.1, -0.05) is 0 Å². The van der Waals surface area contributed by atoms with Gasteiger partial charge in [0.25, 0.3) is 0 Å². The predicted molar refractivity (Wildman–Crippen MR) is 73.7 cm³/mol. The van der Waals surface area contributed by atoms with Gasteiger partial charge < -0.3 is 20.2 Å². The van der Waals surface area contributed by atoms with Crippen molar-refractivity contribution in [2.75, 3.05) is 20.3 Å². The van der Waals surface area contributed by atoms with E-state index in [4.69, 9.17) is 14.9 Å². The zero-order chi connectivity index (χ0) is 13.5. The minimum atomic E-state index is 0.264. The molecule has 0 saturated carbocycles. The minimum Gasteiger partial charge on any atom is -0.466 e. The number of aryl methyl sites for hydroxylation is 2. The lowest BCUT2D eigenvalue weighted by Crippen LogP contribution is -2.35. The summed E-state index contributed by atoms with van der Waals surface area (Å²) in [6.07, 6.45) is 2.04. The molecule has 104 valence electrons. The number of furan rings is 1. The van der Waals surface area contributed by atoms with Gasteiger partial charge in [0.2, 0.25) is 0 Å². The zero-order valence-electron chi connectivity index (χ0n) is 12.0. The highest BCUT2D eigenvalue weighted by Gasteiger charge is 2.16. The van der Waals surface area contributed by atoms with Crippen molar-refractivity contribution in [3.8, 4) is 0 Å². The van der Waals surface area contributed by atoms with Crippen LogP contribution in [0.5, 0.6) is 0 Å². The van der Waals surface area contributed by atoms with E-state index in [1.54, 1.807) is 7.11 Å². The molecule has 0 fully saturated rings. The number of hydrogen-bond acceptors (Lipinski definition) is 4. The number of ether oxygens (including phenoxy) is 1. The van der Waals surface area contributed by atoms with Crippen LogP contribution in [0.15, 0.2) is 10.5 Å². The fourth-order valence-electron chi connectivity index (χ4n) is 2.30. The van der Waals surface area contributed by atoms with Crippen molar-refractivity contribution in [3.05, 3.63) is 23.2 Å². The molecule has 0 aliphatic carbocycles. The summed E-state index contributed by atoms with van der Waals surface area (Å²) >= 11 is 0. The van der Waals surface area contributed by atoms with E-state index < -0.39 is 0 Å². The molecule has 3 N–H and O–H groups in total. The SMILES string of the molecule is COCC(CCCN)NC(C)c1cc(C)oc1C. The van der Waals surface area contributed by atoms with Crippen LogP contribution in [0.2, 0.25) is 0 Å². The van der Waals surface area contributed by atoms with Crippen molar-refractivity contribution in [3.63, 3.8) is 0 Å². The smallest absolute Gasteiger partial charge is 0.105 e. The van der Waals surface area contributed by atoms with Gasteiger partial charge in [0.05, 0.1) is 6.61 Å².